The number of aromatic amines is 1. The van der Waals surface area contributed by atoms with Crippen molar-refractivity contribution in [2.75, 3.05) is 42.9 Å². The van der Waals surface area contributed by atoms with Gasteiger partial charge in [0.25, 0.3) is 23.6 Å². The molecule has 16 heteroatoms. The summed E-state index contributed by atoms with van der Waals surface area (Å²) in [5.74, 6) is -3.02. The molecule has 2 saturated heterocycles. The van der Waals surface area contributed by atoms with E-state index in [2.05, 4.69) is 30.7 Å². The summed E-state index contributed by atoms with van der Waals surface area (Å²) in [5, 5.41) is 9.05. The van der Waals surface area contributed by atoms with Crippen LogP contribution in [0.15, 0.2) is 72.9 Å². The van der Waals surface area contributed by atoms with Crippen molar-refractivity contribution in [2.24, 2.45) is 0 Å². The Morgan fingerprint density at radius 1 is 0.698 bits per heavy atom. The summed E-state index contributed by atoms with van der Waals surface area (Å²) in [6.45, 7) is 4.15. The van der Waals surface area contributed by atoms with Crippen molar-refractivity contribution >= 4 is 85.9 Å². The van der Waals surface area contributed by atoms with Gasteiger partial charge in [-0.2, -0.15) is 0 Å². The van der Waals surface area contributed by atoms with E-state index in [1.54, 1.807) is 18.3 Å². The number of benzene rings is 3. The van der Waals surface area contributed by atoms with Gasteiger partial charge in [0.05, 0.1) is 39.2 Å². The van der Waals surface area contributed by atoms with Gasteiger partial charge in [-0.25, -0.2) is 9.97 Å². The van der Waals surface area contributed by atoms with Crippen molar-refractivity contribution in [1.82, 2.24) is 35.4 Å². The molecular weight excluding hydrogens is 803 g/mol. The van der Waals surface area contributed by atoms with Crippen molar-refractivity contribution in [1.29, 1.82) is 0 Å². The molecule has 3 aromatic carbocycles. The van der Waals surface area contributed by atoms with Crippen LogP contribution in [0.25, 0.3) is 33.0 Å². The summed E-state index contributed by atoms with van der Waals surface area (Å²) in [4.78, 5) is 109. The Bertz CT molecular complexity index is 2730. The molecule has 4 aliphatic rings. The van der Waals surface area contributed by atoms with Crippen LogP contribution in [0, 0.1) is 0 Å². The summed E-state index contributed by atoms with van der Waals surface area (Å²) >= 11 is 0. The number of fused-ring (bicyclic) bond motifs is 3. The summed E-state index contributed by atoms with van der Waals surface area (Å²) in [6, 6.07) is 18.9. The number of piperazine rings is 1. The van der Waals surface area contributed by atoms with Crippen LogP contribution in [0.4, 0.5) is 11.6 Å². The highest BCUT2D eigenvalue weighted by molar-refractivity contribution is 6.50. The van der Waals surface area contributed by atoms with Crippen LogP contribution < -0.4 is 20.9 Å². The van der Waals surface area contributed by atoms with Gasteiger partial charge in [0.2, 0.25) is 23.7 Å². The van der Waals surface area contributed by atoms with Crippen LogP contribution in [-0.2, 0) is 24.0 Å². The molecule has 0 spiro atoms. The predicted octanol–water partition coefficient (Wildman–Crippen LogP) is 4.96. The standard InChI is InChI=1S/C47H47N9O7/c57-36(49-34-18-12-15-30-38(34)46(63)56(45(30)62)35-20-21-37(58)51-42(35)59)19-6-4-2-1-3-5-11-22-54-23-25-55(26-24-54)47-50-33-17-10-8-14-29(33)41(52-47)40-39(43(60)53-44(40)61)31-27-48-32-16-9-7-13-28(31)32/h7-10,12-18,27,35,48H,1-6,11,19-26H2,(H,49,57)(H,51,58,59)(H,53,60,61). The van der Waals surface area contributed by atoms with E-state index >= 15 is 0 Å². The number of aromatic nitrogens is 3. The van der Waals surface area contributed by atoms with Crippen LogP contribution in [-0.4, -0.2) is 105 Å². The maximum absolute atomic E-state index is 13.5. The topological polar surface area (TPSA) is 207 Å². The molecule has 1 unspecified atom stereocenters. The molecule has 0 radical (unpaired) electrons. The van der Waals surface area contributed by atoms with Gasteiger partial charge in [-0.05, 0) is 50.1 Å². The molecule has 4 N–H and O–H groups in total. The van der Waals surface area contributed by atoms with Crippen LogP contribution in [0.1, 0.15) is 96.2 Å². The minimum absolute atomic E-state index is 0.0313. The van der Waals surface area contributed by atoms with Crippen LogP contribution >= 0.6 is 0 Å². The van der Waals surface area contributed by atoms with E-state index in [-0.39, 0.29) is 47.6 Å². The number of nitrogens with zero attached hydrogens (tertiary/aromatic N) is 5. The minimum Gasteiger partial charge on any atom is -0.361 e. The van der Waals surface area contributed by atoms with E-state index in [9.17, 15) is 33.6 Å². The van der Waals surface area contributed by atoms with Gasteiger partial charge in [-0.3, -0.25) is 54.0 Å². The molecule has 7 amide bonds. The van der Waals surface area contributed by atoms with Crippen molar-refractivity contribution in [3.05, 3.63) is 95.3 Å². The maximum Gasteiger partial charge on any atom is 0.264 e. The number of rotatable bonds is 15. The molecule has 0 saturated carbocycles. The largest absolute Gasteiger partial charge is 0.361 e. The number of amides is 7. The Morgan fingerprint density at radius 3 is 2.21 bits per heavy atom. The summed E-state index contributed by atoms with van der Waals surface area (Å²) in [7, 11) is 0. The summed E-state index contributed by atoms with van der Waals surface area (Å²) < 4.78 is 0. The third-order valence-corrected chi connectivity index (χ3v) is 12.4. The highest BCUT2D eigenvalue weighted by atomic mass is 16.2. The first-order chi connectivity index (χ1) is 30.7. The molecule has 5 aromatic rings. The molecule has 1 atom stereocenters. The highest BCUT2D eigenvalue weighted by Crippen LogP contribution is 2.38. The van der Waals surface area contributed by atoms with Crippen molar-refractivity contribution in [3.8, 4) is 0 Å². The summed E-state index contributed by atoms with van der Waals surface area (Å²) in [5.41, 5.74) is 3.66. The zero-order chi connectivity index (χ0) is 43.6. The molecule has 2 fully saturated rings. The highest BCUT2D eigenvalue weighted by Gasteiger charge is 2.46. The Morgan fingerprint density at radius 2 is 1.41 bits per heavy atom. The van der Waals surface area contributed by atoms with Crippen molar-refractivity contribution < 1.29 is 33.6 Å². The van der Waals surface area contributed by atoms with Crippen LogP contribution in [0.3, 0.4) is 0 Å². The predicted molar refractivity (Wildman–Crippen MR) is 235 cm³/mol. The number of anilines is 2. The molecule has 6 heterocycles. The zero-order valence-electron chi connectivity index (χ0n) is 34.7. The first-order valence-corrected chi connectivity index (χ1v) is 21.7. The van der Waals surface area contributed by atoms with Gasteiger partial charge in [-0.15, -0.1) is 0 Å². The van der Waals surface area contributed by atoms with Gasteiger partial charge in [-0.1, -0.05) is 74.6 Å². The van der Waals surface area contributed by atoms with E-state index in [0.29, 0.717) is 40.1 Å². The number of piperidine rings is 1. The lowest BCUT2D eigenvalue weighted by Gasteiger charge is -2.35. The lowest BCUT2D eigenvalue weighted by molar-refractivity contribution is -0.136. The van der Waals surface area contributed by atoms with Gasteiger partial charge in [0.15, 0.2) is 0 Å². The molecule has 0 aliphatic carbocycles. The van der Waals surface area contributed by atoms with Gasteiger partial charge >= 0.3 is 0 Å². The van der Waals surface area contributed by atoms with Gasteiger partial charge in [0, 0.05) is 67.1 Å². The Hall–Kier alpha value is -7.07. The first-order valence-electron chi connectivity index (χ1n) is 21.7. The molecule has 63 heavy (non-hydrogen) atoms. The average Bonchev–Trinajstić information content (AvgIpc) is 3.92. The number of carbonyl (C=O) groups excluding carboxylic acids is 7. The molecule has 0 bridgehead atoms. The number of carbonyl (C=O) groups is 7. The number of para-hydroxylation sites is 2. The third-order valence-electron chi connectivity index (χ3n) is 12.4. The SMILES string of the molecule is O=C1CCC(N2C(=O)c3cccc(NC(=O)CCCCCCCCCN4CCN(c5nc(C6=C(c7c[nH]c8ccccc78)C(=O)NC6=O)c6ccccc6n5)CC4)c3C2=O)C(=O)N1. The number of hydrogen-bond donors (Lipinski definition) is 4. The molecule has 4 aliphatic heterocycles. The second-order valence-corrected chi connectivity index (χ2v) is 16.4. The van der Waals surface area contributed by atoms with Crippen molar-refractivity contribution in [3.63, 3.8) is 0 Å². The Labute approximate surface area is 362 Å². The van der Waals surface area contributed by atoms with Gasteiger partial charge in [0.1, 0.15) is 6.04 Å². The minimum atomic E-state index is -1.07. The quantitative estimate of drug-likeness (QED) is 0.0818. The molecule has 2 aromatic heterocycles. The lowest BCUT2D eigenvalue weighted by atomic mass is 9.97. The molecule has 9 rings (SSSR count). The molecular formula is C47H47N9O7. The van der Waals surface area contributed by atoms with Gasteiger partial charge < -0.3 is 15.2 Å². The smallest absolute Gasteiger partial charge is 0.264 e. The van der Waals surface area contributed by atoms with Crippen LogP contribution in [0.5, 0.6) is 0 Å². The number of imide groups is 3. The fourth-order valence-corrected chi connectivity index (χ4v) is 9.12. The van der Waals surface area contributed by atoms with E-state index in [1.807, 2.05) is 48.5 Å². The van der Waals surface area contributed by atoms with E-state index in [0.717, 1.165) is 87.1 Å². The van der Waals surface area contributed by atoms with E-state index in [1.165, 1.54) is 6.07 Å². The fraction of sp³-hybridized carbons (Fsp3) is 0.340. The monoisotopic (exact) mass is 849 g/mol. The maximum atomic E-state index is 13.5. The second-order valence-electron chi connectivity index (χ2n) is 16.4. The average molecular weight is 850 g/mol. The van der Waals surface area contributed by atoms with E-state index < -0.39 is 41.5 Å². The van der Waals surface area contributed by atoms with Crippen LogP contribution in [0.2, 0.25) is 0 Å². The zero-order valence-corrected chi connectivity index (χ0v) is 34.7. The fourth-order valence-electron chi connectivity index (χ4n) is 9.12. The van der Waals surface area contributed by atoms with E-state index in [4.69, 9.17) is 9.97 Å². The second kappa shape index (κ2) is 17.7. The third kappa shape index (κ3) is 8.21. The number of H-pyrrole nitrogens is 1. The Balaban J connectivity index is 0.717. The molecule has 16 nitrogen and oxygen atoms in total. The lowest BCUT2D eigenvalue weighted by Crippen LogP contribution is -2.54. The van der Waals surface area contributed by atoms with Crippen molar-refractivity contribution in [2.45, 2.75) is 70.3 Å². The summed E-state index contributed by atoms with van der Waals surface area (Å²) in [6.07, 6.45) is 9.08. The Kier molecular flexibility index (Phi) is 11.6. The number of hydrogen-bond acceptors (Lipinski definition) is 11. The normalized spacial score (nSPS) is 18.2. The first kappa shape index (κ1) is 41.3. The number of nitrogens with one attached hydrogen (secondary N) is 4. The number of unbranched alkanes of at least 4 members (excludes halogenated alkanes) is 6. The molecule has 322 valence electrons.